The van der Waals surface area contributed by atoms with Crippen molar-refractivity contribution in [3.63, 3.8) is 0 Å². The minimum atomic E-state index is 0.0155. The van der Waals surface area contributed by atoms with Gasteiger partial charge in [-0.25, -0.2) is 0 Å². The molecule has 1 aromatic rings. The molecule has 3 nitrogen and oxygen atoms in total. The van der Waals surface area contributed by atoms with Crippen LogP contribution in [0.5, 0.6) is 0 Å². The second kappa shape index (κ2) is 6.64. The smallest absolute Gasteiger partial charge is 0.255 e. The Bertz CT molecular complexity index is 465. The molecule has 0 saturated carbocycles. The number of amides is 1. The first-order valence-electron chi connectivity index (χ1n) is 6.54. The summed E-state index contributed by atoms with van der Waals surface area (Å²) < 4.78 is 0. The van der Waals surface area contributed by atoms with Crippen LogP contribution in [0.3, 0.4) is 0 Å². The Hall–Kier alpha value is -0.710. The number of hydrogen-bond acceptors (Lipinski definition) is 3. The number of carbonyl (C=O) groups excluding carboxylic acids is 1. The SMILES string of the molecule is CNCC1CCCN(C(=O)c2cc(S)ccc2Cl)C1. The molecule has 0 radical (unpaired) electrons. The summed E-state index contributed by atoms with van der Waals surface area (Å²) in [6.45, 7) is 2.56. The van der Waals surface area contributed by atoms with E-state index in [1.165, 1.54) is 6.42 Å². The predicted octanol–water partition coefficient (Wildman–Crippen LogP) is 2.70. The van der Waals surface area contributed by atoms with Crippen molar-refractivity contribution in [1.29, 1.82) is 0 Å². The molecule has 0 spiro atoms. The Morgan fingerprint density at radius 1 is 1.58 bits per heavy atom. The van der Waals surface area contributed by atoms with Gasteiger partial charge in [-0.3, -0.25) is 4.79 Å². The number of thiol groups is 1. The molecule has 2 rings (SSSR count). The van der Waals surface area contributed by atoms with Crippen molar-refractivity contribution in [2.45, 2.75) is 17.7 Å². The third-order valence-electron chi connectivity index (χ3n) is 3.48. The third-order valence-corrected chi connectivity index (χ3v) is 4.09. The van der Waals surface area contributed by atoms with Gasteiger partial charge >= 0.3 is 0 Å². The van der Waals surface area contributed by atoms with Gasteiger partial charge in [-0.1, -0.05) is 11.6 Å². The summed E-state index contributed by atoms with van der Waals surface area (Å²) in [5.74, 6) is 0.544. The third kappa shape index (κ3) is 3.65. The lowest BCUT2D eigenvalue weighted by molar-refractivity contribution is 0.0674. The summed E-state index contributed by atoms with van der Waals surface area (Å²) in [7, 11) is 1.95. The van der Waals surface area contributed by atoms with Crippen molar-refractivity contribution in [2.24, 2.45) is 5.92 Å². The van der Waals surface area contributed by atoms with Gasteiger partial charge in [0, 0.05) is 18.0 Å². The Kier molecular flexibility index (Phi) is 5.13. The van der Waals surface area contributed by atoms with Crippen molar-refractivity contribution in [3.8, 4) is 0 Å². The van der Waals surface area contributed by atoms with E-state index in [1.54, 1.807) is 18.2 Å². The van der Waals surface area contributed by atoms with Crippen LogP contribution in [0.25, 0.3) is 0 Å². The van der Waals surface area contributed by atoms with E-state index in [4.69, 9.17) is 11.6 Å². The molecule has 1 amide bonds. The number of piperidine rings is 1. The topological polar surface area (TPSA) is 32.3 Å². The predicted molar refractivity (Wildman–Crippen MR) is 81.3 cm³/mol. The maximum atomic E-state index is 12.5. The zero-order valence-electron chi connectivity index (χ0n) is 11.0. The number of rotatable bonds is 3. The van der Waals surface area contributed by atoms with Crippen LogP contribution in [0, 0.1) is 5.92 Å². The Morgan fingerprint density at radius 3 is 3.11 bits per heavy atom. The highest BCUT2D eigenvalue weighted by atomic mass is 35.5. The second-order valence-electron chi connectivity index (χ2n) is 4.98. The number of nitrogens with zero attached hydrogens (tertiary/aromatic N) is 1. The molecule has 5 heteroatoms. The Balaban J connectivity index is 2.12. The summed E-state index contributed by atoms with van der Waals surface area (Å²) in [6, 6.07) is 5.27. The van der Waals surface area contributed by atoms with Crippen LogP contribution in [0.15, 0.2) is 23.1 Å². The lowest BCUT2D eigenvalue weighted by Crippen LogP contribution is -2.42. The molecule has 0 bridgehead atoms. The van der Waals surface area contributed by atoms with Crippen LogP contribution in [0.1, 0.15) is 23.2 Å². The first-order valence-corrected chi connectivity index (χ1v) is 7.36. The molecule has 1 heterocycles. The molecule has 0 aromatic heterocycles. The van der Waals surface area contributed by atoms with Crippen molar-refractivity contribution >= 4 is 30.1 Å². The van der Waals surface area contributed by atoms with E-state index in [2.05, 4.69) is 17.9 Å². The molecule has 1 saturated heterocycles. The van der Waals surface area contributed by atoms with E-state index in [-0.39, 0.29) is 5.91 Å². The normalized spacial score (nSPS) is 19.5. The molecular formula is C14H19ClN2OS. The minimum absolute atomic E-state index is 0.0155. The second-order valence-corrected chi connectivity index (χ2v) is 5.90. The summed E-state index contributed by atoms with van der Waals surface area (Å²) >= 11 is 10.4. The fraction of sp³-hybridized carbons (Fsp3) is 0.500. The van der Waals surface area contributed by atoms with E-state index < -0.39 is 0 Å². The first kappa shape index (κ1) is 14.7. The number of nitrogens with one attached hydrogen (secondary N) is 1. The standard InChI is InChI=1S/C14H19ClN2OS/c1-16-8-10-3-2-6-17(9-10)14(18)12-7-11(19)4-5-13(12)15/h4-5,7,10,16,19H,2-3,6,8-9H2,1H3. The average molecular weight is 299 g/mol. The monoisotopic (exact) mass is 298 g/mol. The number of likely N-dealkylation sites (tertiary alicyclic amines) is 1. The van der Waals surface area contributed by atoms with Crippen LogP contribution in [-0.4, -0.2) is 37.5 Å². The molecule has 0 aliphatic carbocycles. The molecule has 1 atom stereocenters. The number of carbonyl (C=O) groups is 1. The van der Waals surface area contributed by atoms with Crippen LogP contribution in [0.2, 0.25) is 5.02 Å². The average Bonchev–Trinajstić information content (AvgIpc) is 2.41. The number of halogens is 1. The molecule has 1 unspecified atom stereocenters. The zero-order chi connectivity index (χ0) is 13.8. The Morgan fingerprint density at radius 2 is 2.37 bits per heavy atom. The maximum Gasteiger partial charge on any atom is 0.255 e. The summed E-state index contributed by atoms with van der Waals surface area (Å²) in [5.41, 5.74) is 0.555. The van der Waals surface area contributed by atoms with Gasteiger partial charge in [0.2, 0.25) is 0 Å². The molecule has 1 N–H and O–H groups in total. The van der Waals surface area contributed by atoms with E-state index >= 15 is 0 Å². The van der Waals surface area contributed by atoms with Gasteiger partial charge in [0.25, 0.3) is 5.91 Å². The molecule has 1 aliphatic heterocycles. The summed E-state index contributed by atoms with van der Waals surface area (Å²) in [5, 5.41) is 3.68. The number of benzene rings is 1. The van der Waals surface area contributed by atoms with Crippen molar-refractivity contribution in [2.75, 3.05) is 26.7 Å². The van der Waals surface area contributed by atoms with E-state index in [1.807, 2.05) is 11.9 Å². The minimum Gasteiger partial charge on any atom is -0.338 e. The fourth-order valence-corrected chi connectivity index (χ4v) is 2.95. The summed E-state index contributed by atoms with van der Waals surface area (Å²) in [4.78, 5) is 15.2. The van der Waals surface area contributed by atoms with Crippen LogP contribution < -0.4 is 5.32 Å². The van der Waals surface area contributed by atoms with Gasteiger partial charge in [0.05, 0.1) is 10.6 Å². The largest absolute Gasteiger partial charge is 0.338 e. The van der Waals surface area contributed by atoms with Crippen LogP contribution in [0.4, 0.5) is 0 Å². The molecular weight excluding hydrogens is 280 g/mol. The maximum absolute atomic E-state index is 12.5. The van der Waals surface area contributed by atoms with Gasteiger partial charge in [-0.2, -0.15) is 0 Å². The highest BCUT2D eigenvalue weighted by molar-refractivity contribution is 7.80. The molecule has 1 aliphatic rings. The van der Waals surface area contributed by atoms with Crippen LogP contribution in [-0.2, 0) is 0 Å². The molecule has 1 aromatic carbocycles. The highest BCUT2D eigenvalue weighted by Crippen LogP contribution is 2.24. The zero-order valence-corrected chi connectivity index (χ0v) is 12.7. The van der Waals surface area contributed by atoms with Crippen molar-refractivity contribution < 1.29 is 4.79 Å². The van der Waals surface area contributed by atoms with Gasteiger partial charge in [0.15, 0.2) is 0 Å². The van der Waals surface area contributed by atoms with E-state index in [9.17, 15) is 4.79 Å². The van der Waals surface area contributed by atoms with Crippen LogP contribution >= 0.6 is 24.2 Å². The fourth-order valence-electron chi connectivity index (χ4n) is 2.55. The van der Waals surface area contributed by atoms with Gasteiger partial charge in [-0.05, 0) is 50.6 Å². The quantitative estimate of drug-likeness (QED) is 0.841. The van der Waals surface area contributed by atoms with Crippen molar-refractivity contribution in [1.82, 2.24) is 10.2 Å². The van der Waals surface area contributed by atoms with Gasteiger partial charge in [-0.15, -0.1) is 12.6 Å². The molecule has 19 heavy (non-hydrogen) atoms. The van der Waals surface area contributed by atoms with Gasteiger partial charge < -0.3 is 10.2 Å². The molecule has 104 valence electrons. The lowest BCUT2D eigenvalue weighted by atomic mass is 9.97. The van der Waals surface area contributed by atoms with E-state index in [0.717, 1.165) is 31.0 Å². The van der Waals surface area contributed by atoms with Gasteiger partial charge in [0.1, 0.15) is 0 Å². The first-order chi connectivity index (χ1) is 9.11. The van der Waals surface area contributed by atoms with E-state index in [0.29, 0.717) is 16.5 Å². The lowest BCUT2D eigenvalue weighted by Gasteiger charge is -2.33. The number of hydrogen-bond donors (Lipinski definition) is 2. The summed E-state index contributed by atoms with van der Waals surface area (Å²) in [6.07, 6.45) is 2.22. The Labute approximate surface area is 124 Å². The van der Waals surface area contributed by atoms with Crippen molar-refractivity contribution in [3.05, 3.63) is 28.8 Å². The highest BCUT2D eigenvalue weighted by Gasteiger charge is 2.25. The molecule has 1 fully saturated rings.